The molecule has 6 nitrogen and oxygen atoms in total. The van der Waals surface area contributed by atoms with E-state index in [1.54, 1.807) is 25.4 Å². The number of carbonyl (C=O) groups excluding carboxylic acids is 1. The standard InChI is InChI=1S/C17H19N3O3/c1-12(2)20-9-5-8-15(17(20)22)16(21)19-18-11-13-6-4-7-14(10-13)23-3/h4-12H,1-3H3,(H,19,21)/b18-11-. The van der Waals surface area contributed by atoms with E-state index in [1.165, 1.54) is 16.8 Å². The Bertz CT molecular complexity index is 779. The molecular formula is C17H19N3O3. The van der Waals surface area contributed by atoms with Gasteiger partial charge in [0, 0.05) is 12.2 Å². The van der Waals surface area contributed by atoms with Gasteiger partial charge in [-0.1, -0.05) is 12.1 Å². The molecule has 0 bridgehead atoms. The van der Waals surface area contributed by atoms with Crippen LogP contribution >= 0.6 is 0 Å². The van der Waals surface area contributed by atoms with Crippen LogP contribution in [0.1, 0.15) is 35.8 Å². The Hall–Kier alpha value is -2.89. The van der Waals surface area contributed by atoms with Gasteiger partial charge in [0.15, 0.2) is 0 Å². The first-order chi connectivity index (χ1) is 11.0. The molecular weight excluding hydrogens is 294 g/mol. The molecule has 1 heterocycles. The number of hydrogen-bond acceptors (Lipinski definition) is 4. The number of nitrogens with one attached hydrogen (secondary N) is 1. The van der Waals surface area contributed by atoms with Gasteiger partial charge in [-0.3, -0.25) is 9.59 Å². The Kier molecular flexibility index (Phi) is 5.30. The van der Waals surface area contributed by atoms with Gasteiger partial charge in [0.05, 0.1) is 13.3 Å². The van der Waals surface area contributed by atoms with Crippen molar-refractivity contribution in [1.82, 2.24) is 9.99 Å². The number of amides is 1. The molecule has 0 atom stereocenters. The van der Waals surface area contributed by atoms with Crippen molar-refractivity contribution in [2.24, 2.45) is 5.10 Å². The topological polar surface area (TPSA) is 72.7 Å². The van der Waals surface area contributed by atoms with Crippen molar-refractivity contribution >= 4 is 12.1 Å². The van der Waals surface area contributed by atoms with E-state index in [0.29, 0.717) is 5.75 Å². The quantitative estimate of drug-likeness (QED) is 0.679. The molecule has 0 saturated carbocycles. The summed E-state index contributed by atoms with van der Waals surface area (Å²) in [6, 6.07) is 10.4. The molecule has 0 saturated heterocycles. The number of methoxy groups -OCH3 is 1. The SMILES string of the molecule is COc1cccc(/C=N\NC(=O)c2cccn(C(C)C)c2=O)c1. The van der Waals surface area contributed by atoms with Crippen LogP contribution in [0.5, 0.6) is 5.75 Å². The molecule has 1 aromatic carbocycles. The molecule has 0 aliphatic carbocycles. The van der Waals surface area contributed by atoms with Crippen LogP contribution in [0.15, 0.2) is 52.5 Å². The van der Waals surface area contributed by atoms with E-state index < -0.39 is 5.91 Å². The molecule has 0 aliphatic heterocycles. The summed E-state index contributed by atoms with van der Waals surface area (Å²) in [5, 5.41) is 3.88. The average molecular weight is 313 g/mol. The number of pyridine rings is 1. The van der Waals surface area contributed by atoms with Crippen molar-refractivity contribution in [2.45, 2.75) is 19.9 Å². The van der Waals surface area contributed by atoms with Crippen LogP contribution in [-0.4, -0.2) is 23.8 Å². The lowest BCUT2D eigenvalue weighted by Gasteiger charge is -2.10. The summed E-state index contributed by atoms with van der Waals surface area (Å²) in [5.74, 6) is 0.160. The molecule has 0 spiro atoms. The van der Waals surface area contributed by atoms with Gasteiger partial charge >= 0.3 is 0 Å². The predicted molar refractivity (Wildman–Crippen MR) is 89.1 cm³/mol. The lowest BCUT2D eigenvalue weighted by molar-refractivity contribution is 0.0953. The van der Waals surface area contributed by atoms with Crippen molar-refractivity contribution in [2.75, 3.05) is 7.11 Å². The third kappa shape index (κ3) is 4.06. The van der Waals surface area contributed by atoms with Gasteiger partial charge in [0.1, 0.15) is 11.3 Å². The fraction of sp³-hybridized carbons (Fsp3) is 0.235. The fourth-order valence-electron chi connectivity index (χ4n) is 2.04. The molecule has 1 N–H and O–H groups in total. The number of ether oxygens (including phenoxy) is 1. The smallest absolute Gasteiger partial charge is 0.276 e. The third-order valence-corrected chi connectivity index (χ3v) is 3.25. The summed E-state index contributed by atoms with van der Waals surface area (Å²) in [5.41, 5.74) is 2.87. The van der Waals surface area contributed by atoms with Crippen molar-refractivity contribution in [3.63, 3.8) is 0 Å². The lowest BCUT2D eigenvalue weighted by atomic mass is 10.2. The van der Waals surface area contributed by atoms with E-state index in [4.69, 9.17) is 4.74 Å². The number of nitrogens with zero attached hydrogens (tertiary/aromatic N) is 2. The minimum Gasteiger partial charge on any atom is -0.497 e. The fourth-order valence-corrected chi connectivity index (χ4v) is 2.04. The maximum Gasteiger partial charge on any atom is 0.276 e. The zero-order valence-corrected chi connectivity index (χ0v) is 13.3. The highest BCUT2D eigenvalue weighted by molar-refractivity contribution is 5.94. The predicted octanol–water partition coefficient (Wildman–Crippen LogP) is 2.20. The number of hydrazone groups is 1. The van der Waals surface area contributed by atoms with Crippen molar-refractivity contribution in [3.05, 3.63) is 64.1 Å². The summed E-state index contributed by atoms with van der Waals surface area (Å²) in [6.07, 6.45) is 3.15. The van der Waals surface area contributed by atoms with Crippen molar-refractivity contribution in [3.8, 4) is 5.75 Å². The average Bonchev–Trinajstić information content (AvgIpc) is 2.54. The van der Waals surface area contributed by atoms with E-state index in [0.717, 1.165) is 5.56 Å². The van der Waals surface area contributed by atoms with Crippen LogP contribution in [0.25, 0.3) is 0 Å². The normalized spacial score (nSPS) is 11.0. The van der Waals surface area contributed by atoms with Gasteiger partial charge in [-0.05, 0) is 43.7 Å². The Morgan fingerprint density at radius 1 is 1.30 bits per heavy atom. The largest absolute Gasteiger partial charge is 0.497 e. The van der Waals surface area contributed by atoms with Crippen LogP contribution in [-0.2, 0) is 0 Å². The second-order valence-electron chi connectivity index (χ2n) is 5.20. The van der Waals surface area contributed by atoms with E-state index in [-0.39, 0.29) is 17.2 Å². The van der Waals surface area contributed by atoms with Gasteiger partial charge in [-0.15, -0.1) is 0 Å². The van der Waals surface area contributed by atoms with Crippen LogP contribution < -0.4 is 15.7 Å². The molecule has 120 valence electrons. The molecule has 2 aromatic rings. The van der Waals surface area contributed by atoms with Crippen LogP contribution in [0.3, 0.4) is 0 Å². The van der Waals surface area contributed by atoms with Gasteiger partial charge in [-0.25, -0.2) is 5.43 Å². The van der Waals surface area contributed by atoms with Gasteiger partial charge in [-0.2, -0.15) is 5.10 Å². The zero-order valence-electron chi connectivity index (χ0n) is 13.3. The zero-order chi connectivity index (χ0) is 16.8. The van der Waals surface area contributed by atoms with E-state index in [1.807, 2.05) is 32.0 Å². The maximum atomic E-state index is 12.2. The molecule has 0 aliphatic rings. The van der Waals surface area contributed by atoms with E-state index >= 15 is 0 Å². The van der Waals surface area contributed by atoms with Gasteiger partial charge in [0.2, 0.25) is 0 Å². The van der Waals surface area contributed by atoms with E-state index in [9.17, 15) is 9.59 Å². The molecule has 1 amide bonds. The van der Waals surface area contributed by atoms with Crippen molar-refractivity contribution < 1.29 is 9.53 Å². The van der Waals surface area contributed by atoms with E-state index in [2.05, 4.69) is 10.5 Å². The number of carbonyl (C=O) groups is 1. The highest BCUT2D eigenvalue weighted by Crippen LogP contribution is 2.10. The Morgan fingerprint density at radius 3 is 2.78 bits per heavy atom. The third-order valence-electron chi connectivity index (χ3n) is 3.25. The second kappa shape index (κ2) is 7.40. The monoisotopic (exact) mass is 313 g/mol. The molecule has 0 unspecified atom stereocenters. The summed E-state index contributed by atoms with van der Waals surface area (Å²) >= 11 is 0. The first-order valence-corrected chi connectivity index (χ1v) is 7.21. The Labute approximate surface area is 134 Å². The summed E-state index contributed by atoms with van der Waals surface area (Å²) < 4.78 is 6.61. The number of aromatic nitrogens is 1. The summed E-state index contributed by atoms with van der Waals surface area (Å²) in [6.45, 7) is 3.76. The van der Waals surface area contributed by atoms with Gasteiger partial charge < -0.3 is 9.30 Å². The maximum absolute atomic E-state index is 12.2. The molecule has 0 radical (unpaired) electrons. The van der Waals surface area contributed by atoms with Crippen LogP contribution in [0, 0.1) is 0 Å². The minimum atomic E-state index is -0.538. The number of benzene rings is 1. The lowest BCUT2D eigenvalue weighted by Crippen LogP contribution is -2.31. The first kappa shape index (κ1) is 16.5. The molecule has 23 heavy (non-hydrogen) atoms. The Balaban J connectivity index is 2.12. The first-order valence-electron chi connectivity index (χ1n) is 7.21. The van der Waals surface area contributed by atoms with Crippen molar-refractivity contribution in [1.29, 1.82) is 0 Å². The number of hydrogen-bond donors (Lipinski definition) is 1. The Morgan fingerprint density at radius 2 is 2.09 bits per heavy atom. The second-order valence-corrected chi connectivity index (χ2v) is 5.20. The van der Waals surface area contributed by atoms with Crippen LogP contribution in [0.2, 0.25) is 0 Å². The molecule has 2 rings (SSSR count). The highest BCUT2D eigenvalue weighted by Gasteiger charge is 2.12. The summed E-state index contributed by atoms with van der Waals surface area (Å²) in [7, 11) is 1.58. The molecule has 0 fully saturated rings. The minimum absolute atomic E-state index is 0.0180. The molecule has 6 heteroatoms. The molecule has 1 aromatic heterocycles. The summed E-state index contributed by atoms with van der Waals surface area (Å²) in [4.78, 5) is 24.3. The number of rotatable bonds is 5. The van der Waals surface area contributed by atoms with Gasteiger partial charge in [0.25, 0.3) is 11.5 Å². The highest BCUT2D eigenvalue weighted by atomic mass is 16.5. The van der Waals surface area contributed by atoms with Crippen LogP contribution in [0.4, 0.5) is 0 Å².